The zero-order valence-corrected chi connectivity index (χ0v) is 14.0. The van der Waals surface area contributed by atoms with Crippen molar-refractivity contribution < 1.29 is 9.21 Å². The van der Waals surface area contributed by atoms with Crippen LogP contribution in [0.25, 0.3) is 32.8 Å². The van der Waals surface area contributed by atoms with Gasteiger partial charge in [0.2, 0.25) is 5.43 Å². The maximum Gasteiger partial charge on any atom is 0.280 e. The normalized spacial score (nSPS) is 11.3. The second kappa shape index (κ2) is 5.81. The van der Waals surface area contributed by atoms with E-state index >= 15 is 0 Å². The zero-order chi connectivity index (χ0) is 18.4. The fraction of sp³-hybridized carbons (Fsp3) is 0. The second-order valence-corrected chi connectivity index (χ2v) is 6.21. The first-order valence-corrected chi connectivity index (χ1v) is 8.41. The molecule has 3 aromatic carbocycles. The van der Waals surface area contributed by atoms with Crippen molar-refractivity contribution in [3.05, 3.63) is 82.6 Å². The standard InChI is InChI=1S/C21H13N3O3/c25-20-15-6-1-3-7-16(15)23-24-19(20)21(26)22-12-9-10-14-13-5-2-4-8-17(13)27-18(14)11-12/h1-11H,(H,22,26)(H,23,25). The van der Waals surface area contributed by atoms with Crippen LogP contribution in [0, 0.1) is 0 Å². The van der Waals surface area contributed by atoms with Gasteiger partial charge in [0.1, 0.15) is 11.2 Å². The molecule has 2 aromatic heterocycles. The van der Waals surface area contributed by atoms with E-state index in [0.29, 0.717) is 22.2 Å². The third-order valence-corrected chi connectivity index (χ3v) is 4.53. The lowest BCUT2D eigenvalue weighted by atomic mass is 10.1. The monoisotopic (exact) mass is 355 g/mol. The Labute approximate surface area is 152 Å². The van der Waals surface area contributed by atoms with Crippen molar-refractivity contribution in [2.45, 2.75) is 0 Å². The molecule has 0 spiro atoms. The van der Waals surface area contributed by atoms with Crippen LogP contribution in [0.1, 0.15) is 10.5 Å². The Morgan fingerprint density at radius 1 is 0.889 bits per heavy atom. The van der Waals surface area contributed by atoms with Crippen LogP contribution in [0.15, 0.2) is 75.9 Å². The molecule has 0 aliphatic carbocycles. The number of aromatic amines is 1. The van der Waals surface area contributed by atoms with E-state index in [1.165, 1.54) is 0 Å². The van der Waals surface area contributed by atoms with Gasteiger partial charge in [0.15, 0.2) is 5.69 Å². The lowest BCUT2D eigenvalue weighted by Crippen LogP contribution is -2.24. The Morgan fingerprint density at radius 2 is 1.63 bits per heavy atom. The smallest absolute Gasteiger partial charge is 0.280 e. The fourth-order valence-corrected chi connectivity index (χ4v) is 3.22. The maximum absolute atomic E-state index is 12.6. The van der Waals surface area contributed by atoms with Gasteiger partial charge in [-0.2, -0.15) is 5.10 Å². The van der Waals surface area contributed by atoms with Crippen LogP contribution in [-0.4, -0.2) is 16.1 Å². The number of nitrogens with zero attached hydrogens (tertiary/aromatic N) is 1. The van der Waals surface area contributed by atoms with Gasteiger partial charge in [-0.15, -0.1) is 0 Å². The van der Waals surface area contributed by atoms with E-state index in [1.807, 2.05) is 30.3 Å². The number of nitrogens with one attached hydrogen (secondary N) is 2. The summed E-state index contributed by atoms with van der Waals surface area (Å²) in [5, 5.41) is 11.8. The number of anilines is 1. The highest BCUT2D eigenvalue weighted by Crippen LogP contribution is 2.30. The highest BCUT2D eigenvalue weighted by atomic mass is 16.3. The van der Waals surface area contributed by atoms with E-state index in [-0.39, 0.29) is 5.69 Å². The molecule has 27 heavy (non-hydrogen) atoms. The number of amides is 1. The van der Waals surface area contributed by atoms with Crippen molar-refractivity contribution in [3.8, 4) is 0 Å². The van der Waals surface area contributed by atoms with Crippen LogP contribution in [0.2, 0.25) is 0 Å². The molecule has 0 aliphatic rings. The van der Waals surface area contributed by atoms with Crippen LogP contribution in [0.4, 0.5) is 5.69 Å². The van der Waals surface area contributed by atoms with Gasteiger partial charge < -0.3 is 9.73 Å². The molecule has 0 fully saturated rings. The Bertz CT molecular complexity index is 1400. The lowest BCUT2D eigenvalue weighted by molar-refractivity contribution is 0.102. The molecule has 0 radical (unpaired) electrons. The van der Waals surface area contributed by atoms with Gasteiger partial charge in [-0.3, -0.25) is 14.7 Å². The summed E-state index contributed by atoms with van der Waals surface area (Å²) in [5.41, 5.74) is 1.96. The number of hydrogen-bond acceptors (Lipinski definition) is 4. The van der Waals surface area contributed by atoms with Crippen LogP contribution in [0.5, 0.6) is 0 Å². The number of H-pyrrole nitrogens is 1. The average molecular weight is 355 g/mol. The number of carbonyl (C=O) groups excluding carboxylic acids is 1. The SMILES string of the molecule is O=C(Nc1ccc2c(c1)oc1ccccc12)c1n[nH]c2ccccc2c1=O. The van der Waals surface area contributed by atoms with Crippen molar-refractivity contribution in [1.82, 2.24) is 10.2 Å². The second-order valence-electron chi connectivity index (χ2n) is 6.21. The molecular weight excluding hydrogens is 342 g/mol. The van der Waals surface area contributed by atoms with Crippen LogP contribution < -0.4 is 10.7 Å². The predicted octanol–water partition coefficient (Wildman–Crippen LogP) is 4.07. The van der Waals surface area contributed by atoms with Gasteiger partial charge in [-0.05, 0) is 30.3 Å². The number of carbonyl (C=O) groups is 1. The maximum atomic E-state index is 12.6. The first-order valence-electron chi connectivity index (χ1n) is 8.41. The third-order valence-electron chi connectivity index (χ3n) is 4.53. The number of benzene rings is 3. The molecule has 2 heterocycles. The van der Waals surface area contributed by atoms with E-state index in [0.717, 1.165) is 16.4 Å². The predicted molar refractivity (Wildman–Crippen MR) is 104 cm³/mol. The number of rotatable bonds is 2. The van der Waals surface area contributed by atoms with E-state index in [4.69, 9.17) is 4.42 Å². The topological polar surface area (TPSA) is 88.0 Å². The Kier molecular flexibility index (Phi) is 3.30. The van der Waals surface area contributed by atoms with E-state index < -0.39 is 11.3 Å². The number of para-hydroxylation sites is 2. The summed E-state index contributed by atoms with van der Waals surface area (Å²) in [7, 11) is 0. The number of aromatic nitrogens is 2. The summed E-state index contributed by atoms with van der Waals surface area (Å²) in [4.78, 5) is 25.1. The van der Waals surface area contributed by atoms with Crippen molar-refractivity contribution in [2.75, 3.05) is 5.32 Å². The molecule has 0 atom stereocenters. The van der Waals surface area contributed by atoms with Gasteiger partial charge in [0, 0.05) is 27.9 Å². The molecule has 0 unspecified atom stereocenters. The quantitative estimate of drug-likeness (QED) is 0.499. The van der Waals surface area contributed by atoms with Crippen LogP contribution >= 0.6 is 0 Å². The summed E-state index contributed by atoms with van der Waals surface area (Å²) in [5.74, 6) is -0.572. The molecule has 6 nitrogen and oxygen atoms in total. The zero-order valence-electron chi connectivity index (χ0n) is 14.0. The summed E-state index contributed by atoms with van der Waals surface area (Å²) >= 11 is 0. The minimum atomic E-state index is -0.572. The third kappa shape index (κ3) is 2.46. The molecule has 5 rings (SSSR count). The first-order chi connectivity index (χ1) is 13.2. The Hall–Kier alpha value is -3.93. The molecular formula is C21H13N3O3. The van der Waals surface area contributed by atoms with Gasteiger partial charge in [-0.1, -0.05) is 30.3 Å². The van der Waals surface area contributed by atoms with Gasteiger partial charge in [0.05, 0.1) is 5.52 Å². The number of hydrogen-bond donors (Lipinski definition) is 2. The van der Waals surface area contributed by atoms with E-state index in [2.05, 4.69) is 15.5 Å². The summed E-state index contributed by atoms with van der Waals surface area (Å²) in [6, 6.07) is 20.1. The molecule has 0 aliphatic heterocycles. The molecule has 5 aromatic rings. The minimum Gasteiger partial charge on any atom is -0.456 e. The van der Waals surface area contributed by atoms with Crippen LogP contribution in [0.3, 0.4) is 0 Å². The van der Waals surface area contributed by atoms with Gasteiger partial charge in [-0.25, -0.2) is 0 Å². The van der Waals surface area contributed by atoms with Gasteiger partial charge >= 0.3 is 0 Å². The lowest BCUT2D eigenvalue weighted by Gasteiger charge is -2.05. The fourth-order valence-electron chi connectivity index (χ4n) is 3.22. The summed E-state index contributed by atoms with van der Waals surface area (Å²) in [6.07, 6.45) is 0. The molecule has 0 saturated carbocycles. The summed E-state index contributed by atoms with van der Waals surface area (Å²) < 4.78 is 5.83. The molecule has 0 bridgehead atoms. The van der Waals surface area contributed by atoms with E-state index in [9.17, 15) is 9.59 Å². The number of furan rings is 1. The first kappa shape index (κ1) is 15.3. The average Bonchev–Trinajstić information content (AvgIpc) is 3.06. The van der Waals surface area contributed by atoms with Crippen LogP contribution in [-0.2, 0) is 0 Å². The molecule has 2 N–H and O–H groups in total. The minimum absolute atomic E-state index is 0.182. The molecule has 6 heteroatoms. The molecule has 1 amide bonds. The van der Waals surface area contributed by atoms with Crippen molar-refractivity contribution in [1.29, 1.82) is 0 Å². The highest BCUT2D eigenvalue weighted by Gasteiger charge is 2.16. The Morgan fingerprint density at radius 3 is 2.52 bits per heavy atom. The Balaban J connectivity index is 1.53. The van der Waals surface area contributed by atoms with Crippen molar-refractivity contribution in [2.24, 2.45) is 0 Å². The highest BCUT2D eigenvalue weighted by molar-refractivity contribution is 6.08. The number of fused-ring (bicyclic) bond motifs is 4. The van der Waals surface area contributed by atoms with Crippen molar-refractivity contribution in [3.63, 3.8) is 0 Å². The molecule has 0 saturated heterocycles. The van der Waals surface area contributed by atoms with Crippen molar-refractivity contribution >= 4 is 44.4 Å². The van der Waals surface area contributed by atoms with E-state index in [1.54, 1.807) is 36.4 Å². The largest absolute Gasteiger partial charge is 0.456 e. The molecule has 130 valence electrons. The van der Waals surface area contributed by atoms with Gasteiger partial charge in [0.25, 0.3) is 5.91 Å². The summed E-state index contributed by atoms with van der Waals surface area (Å²) in [6.45, 7) is 0.